The highest BCUT2D eigenvalue weighted by molar-refractivity contribution is 5.24. The summed E-state index contributed by atoms with van der Waals surface area (Å²) in [6.07, 6.45) is 1.47. The topological polar surface area (TPSA) is 60.6 Å². The lowest BCUT2D eigenvalue weighted by molar-refractivity contribution is -0.101. The van der Waals surface area contributed by atoms with E-state index in [-0.39, 0.29) is 6.04 Å². The van der Waals surface area contributed by atoms with E-state index in [1.54, 1.807) is 7.11 Å². The monoisotopic (exact) mass is 317 g/mol. The van der Waals surface area contributed by atoms with E-state index in [2.05, 4.69) is 27.2 Å². The summed E-state index contributed by atoms with van der Waals surface area (Å²) in [5, 5.41) is 4.22. The standard InChI is InChI=1S/C17H23N3O3/c1-20(2)14(13-7-5-4-6-8-13)15-18-16(19-23-15)17(21-3)9-11-22-12-10-17/h4-8,14H,9-12H2,1-3H3. The molecule has 6 nitrogen and oxygen atoms in total. The zero-order valence-electron chi connectivity index (χ0n) is 13.9. The highest BCUT2D eigenvalue weighted by atomic mass is 16.5. The number of methoxy groups -OCH3 is 1. The molecule has 0 saturated carbocycles. The number of benzene rings is 1. The summed E-state index contributed by atoms with van der Waals surface area (Å²) in [5.41, 5.74) is 0.610. The summed E-state index contributed by atoms with van der Waals surface area (Å²) in [7, 11) is 5.70. The van der Waals surface area contributed by atoms with Crippen LogP contribution in [0.15, 0.2) is 34.9 Å². The predicted octanol–water partition coefficient (Wildman–Crippen LogP) is 2.37. The third-order valence-corrected chi connectivity index (χ3v) is 4.41. The van der Waals surface area contributed by atoms with Crippen molar-refractivity contribution in [2.24, 2.45) is 0 Å². The van der Waals surface area contributed by atoms with Gasteiger partial charge in [0, 0.05) is 33.2 Å². The van der Waals surface area contributed by atoms with Gasteiger partial charge in [-0.1, -0.05) is 35.5 Å². The van der Waals surface area contributed by atoms with Gasteiger partial charge in [-0.2, -0.15) is 4.98 Å². The van der Waals surface area contributed by atoms with Crippen LogP contribution < -0.4 is 0 Å². The van der Waals surface area contributed by atoms with Gasteiger partial charge in [-0.3, -0.25) is 4.90 Å². The van der Waals surface area contributed by atoms with E-state index < -0.39 is 5.60 Å². The quantitative estimate of drug-likeness (QED) is 0.844. The van der Waals surface area contributed by atoms with Gasteiger partial charge in [-0.05, 0) is 19.7 Å². The second kappa shape index (κ2) is 6.78. The zero-order chi connectivity index (χ0) is 16.3. The lowest BCUT2D eigenvalue weighted by atomic mass is 9.93. The minimum Gasteiger partial charge on any atom is -0.381 e. The molecule has 1 saturated heterocycles. The lowest BCUT2D eigenvalue weighted by Crippen LogP contribution is -2.36. The van der Waals surface area contributed by atoms with Crippen molar-refractivity contribution >= 4 is 0 Å². The van der Waals surface area contributed by atoms with Crippen LogP contribution >= 0.6 is 0 Å². The minimum absolute atomic E-state index is 0.0776. The maximum atomic E-state index is 5.75. The fraction of sp³-hybridized carbons (Fsp3) is 0.529. The Labute approximate surface area is 136 Å². The Morgan fingerprint density at radius 2 is 1.87 bits per heavy atom. The molecule has 0 spiro atoms. The van der Waals surface area contributed by atoms with E-state index in [9.17, 15) is 0 Å². The van der Waals surface area contributed by atoms with E-state index in [0.717, 1.165) is 18.4 Å². The van der Waals surface area contributed by atoms with Crippen LogP contribution in [0.1, 0.15) is 36.2 Å². The first-order chi connectivity index (χ1) is 11.2. The van der Waals surface area contributed by atoms with Crippen LogP contribution in [0.25, 0.3) is 0 Å². The Kier molecular flexibility index (Phi) is 4.75. The van der Waals surface area contributed by atoms with Crippen LogP contribution in [0.3, 0.4) is 0 Å². The maximum Gasteiger partial charge on any atom is 0.248 e. The maximum absolute atomic E-state index is 5.75. The number of nitrogens with zero attached hydrogens (tertiary/aromatic N) is 3. The van der Waals surface area contributed by atoms with Crippen molar-refractivity contribution in [3.05, 3.63) is 47.6 Å². The summed E-state index contributed by atoms with van der Waals surface area (Å²) in [6.45, 7) is 1.29. The molecule has 1 unspecified atom stereocenters. The highest BCUT2D eigenvalue weighted by Crippen LogP contribution is 2.35. The Morgan fingerprint density at radius 3 is 2.48 bits per heavy atom. The van der Waals surface area contributed by atoms with Gasteiger partial charge < -0.3 is 14.0 Å². The van der Waals surface area contributed by atoms with E-state index in [1.165, 1.54) is 0 Å². The van der Waals surface area contributed by atoms with Crippen molar-refractivity contribution in [3.8, 4) is 0 Å². The molecule has 2 aromatic rings. The van der Waals surface area contributed by atoms with Crippen LogP contribution in [-0.4, -0.2) is 49.5 Å². The molecule has 6 heteroatoms. The van der Waals surface area contributed by atoms with Crippen LogP contribution in [0.5, 0.6) is 0 Å². The lowest BCUT2D eigenvalue weighted by Gasteiger charge is -2.32. The molecule has 23 heavy (non-hydrogen) atoms. The third-order valence-electron chi connectivity index (χ3n) is 4.41. The summed E-state index contributed by atoms with van der Waals surface area (Å²) in [6, 6.07) is 10.1. The van der Waals surface area contributed by atoms with Gasteiger partial charge >= 0.3 is 0 Å². The Hall–Kier alpha value is -1.76. The fourth-order valence-corrected chi connectivity index (χ4v) is 3.05. The normalized spacial score (nSPS) is 19.0. The summed E-state index contributed by atoms with van der Waals surface area (Å²) in [4.78, 5) is 6.74. The largest absolute Gasteiger partial charge is 0.381 e. The Bertz CT molecular complexity index is 621. The second-order valence-electron chi connectivity index (χ2n) is 6.04. The van der Waals surface area contributed by atoms with Gasteiger partial charge in [-0.25, -0.2) is 0 Å². The van der Waals surface area contributed by atoms with Gasteiger partial charge in [0.25, 0.3) is 0 Å². The minimum atomic E-state index is -0.506. The van der Waals surface area contributed by atoms with Crippen molar-refractivity contribution in [3.63, 3.8) is 0 Å². The molecule has 1 fully saturated rings. The van der Waals surface area contributed by atoms with Crippen LogP contribution in [-0.2, 0) is 15.1 Å². The molecule has 0 radical (unpaired) electrons. The van der Waals surface area contributed by atoms with Gasteiger partial charge in [0.1, 0.15) is 11.6 Å². The van der Waals surface area contributed by atoms with Crippen molar-refractivity contribution in [2.45, 2.75) is 24.5 Å². The van der Waals surface area contributed by atoms with Gasteiger partial charge in [-0.15, -0.1) is 0 Å². The Balaban J connectivity index is 1.93. The molecular formula is C17H23N3O3. The van der Waals surface area contributed by atoms with Crippen molar-refractivity contribution in [1.29, 1.82) is 0 Å². The molecule has 0 amide bonds. The molecule has 0 bridgehead atoms. The molecule has 124 valence electrons. The van der Waals surface area contributed by atoms with E-state index in [4.69, 9.17) is 14.0 Å². The zero-order valence-corrected chi connectivity index (χ0v) is 13.9. The third kappa shape index (κ3) is 3.15. The fourth-order valence-electron chi connectivity index (χ4n) is 3.05. The molecule has 3 rings (SSSR count). The molecule has 1 aliphatic heterocycles. The highest BCUT2D eigenvalue weighted by Gasteiger charge is 2.40. The first kappa shape index (κ1) is 16.1. The Morgan fingerprint density at radius 1 is 1.17 bits per heavy atom. The van der Waals surface area contributed by atoms with Crippen LogP contribution in [0.4, 0.5) is 0 Å². The SMILES string of the molecule is COC1(c2noc(C(c3ccccc3)N(C)C)n2)CCOCC1. The van der Waals surface area contributed by atoms with Crippen LogP contribution in [0, 0.1) is 0 Å². The number of ether oxygens (including phenoxy) is 2. The summed E-state index contributed by atoms with van der Waals surface area (Å²) < 4.78 is 16.8. The predicted molar refractivity (Wildman–Crippen MR) is 85.0 cm³/mol. The molecular weight excluding hydrogens is 294 g/mol. The molecule has 2 heterocycles. The first-order valence-corrected chi connectivity index (χ1v) is 7.85. The summed E-state index contributed by atoms with van der Waals surface area (Å²) in [5.74, 6) is 1.19. The molecule has 1 atom stereocenters. The molecule has 1 aliphatic rings. The molecule has 0 N–H and O–H groups in total. The van der Waals surface area contributed by atoms with E-state index >= 15 is 0 Å². The van der Waals surface area contributed by atoms with Crippen molar-refractivity contribution in [1.82, 2.24) is 15.0 Å². The van der Waals surface area contributed by atoms with E-state index in [0.29, 0.717) is 24.9 Å². The number of hydrogen-bond acceptors (Lipinski definition) is 6. The van der Waals surface area contributed by atoms with Crippen molar-refractivity contribution < 1.29 is 14.0 Å². The van der Waals surface area contributed by atoms with Crippen molar-refractivity contribution in [2.75, 3.05) is 34.4 Å². The molecule has 1 aromatic heterocycles. The average molecular weight is 317 g/mol. The van der Waals surface area contributed by atoms with Gasteiger partial charge in [0.05, 0.1) is 0 Å². The van der Waals surface area contributed by atoms with Crippen LogP contribution in [0.2, 0.25) is 0 Å². The van der Waals surface area contributed by atoms with E-state index in [1.807, 2.05) is 32.3 Å². The number of aromatic nitrogens is 2. The first-order valence-electron chi connectivity index (χ1n) is 7.85. The second-order valence-corrected chi connectivity index (χ2v) is 6.04. The number of rotatable bonds is 5. The number of hydrogen-bond donors (Lipinski definition) is 0. The van der Waals surface area contributed by atoms with Gasteiger partial charge in [0.15, 0.2) is 0 Å². The summed E-state index contributed by atoms with van der Waals surface area (Å²) >= 11 is 0. The molecule has 0 aliphatic carbocycles. The molecule has 1 aromatic carbocycles. The van der Waals surface area contributed by atoms with Gasteiger partial charge in [0.2, 0.25) is 11.7 Å². The smallest absolute Gasteiger partial charge is 0.248 e. The average Bonchev–Trinajstić information content (AvgIpc) is 3.06.